The van der Waals surface area contributed by atoms with Crippen molar-refractivity contribution in [2.45, 2.75) is 13.8 Å². The smallest absolute Gasteiger partial charge is 0.339 e. The molecule has 0 radical (unpaired) electrons. The van der Waals surface area contributed by atoms with Gasteiger partial charge in [-0.3, -0.25) is 4.79 Å². The zero-order valence-electron chi connectivity index (χ0n) is 15.4. The SMILES string of the molecule is CC(C)CNC(=O)COC(=O)c1cc(-c2ccccc2)nc2ccccc12. The van der Waals surface area contributed by atoms with Gasteiger partial charge in [0.2, 0.25) is 0 Å². The predicted octanol–water partition coefficient (Wildman–Crippen LogP) is 3.83. The molecule has 0 saturated carbocycles. The van der Waals surface area contributed by atoms with E-state index >= 15 is 0 Å². The quantitative estimate of drug-likeness (QED) is 0.677. The lowest BCUT2D eigenvalue weighted by Crippen LogP contribution is -2.31. The van der Waals surface area contributed by atoms with Crippen molar-refractivity contribution < 1.29 is 14.3 Å². The minimum Gasteiger partial charge on any atom is -0.452 e. The van der Waals surface area contributed by atoms with E-state index in [1.165, 1.54) is 0 Å². The van der Waals surface area contributed by atoms with Gasteiger partial charge in [0.1, 0.15) is 0 Å². The number of para-hydroxylation sites is 1. The summed E-state index contributed by atoms with van der Waals surface area (Å²) in [5.74, 6) is -0.508. The highest BCUT2D eigenvalue weighted by atomic mass is 16.5. The van der Waals surface area contributed by atoms with Crippen LogP contribution in [0.2, 0.25) is 0 Å². The van der Waals surface area contributed by atoms with Gasteiger partial charge in [0, 0.05) is 17.5 Å². The predicted molar refractivity (Wildman–Crippen MR) is 105 cm³/mol. The van der Waals surface area contributed by atoms with E-state index in [2.05, 4.69) is 10.3 Å². The largest absolute Gasteiger partial charge is 0.452 e. The molecule has 5 nitrogen and oxygen atoms in total. The number of carbonyl (C=O) groups excluding carboxylic acids is 2. The zero-order chi connectivity index (χ0) is 19.2. The van der Waals surface area contributed by atoms with Crippen LogP contribution < -0.4 is 5.32 Å². The van der Waals surface area contributed by atoms with Crippen LogP contribution in [0.5, 0.6) is 0 Å². The summed E-state index contributed by atoms with van der Waals surface area (Å²) in [5, 5.41) is 3.43. The standard InChI is InChI=1S/C22H22N2O3/c1-15(2)13-23-21(25)14-27-22(26)18-12-20(16-8-4-3-5-9-16)24-19-11-7-6-10-17(18)19/h3-12,15H,13-14H2,1-2H3,(H,23,25). The average molecular weight is 362 g/mol. The van der Waals surface area contributed by atoms with Crippen molar-refractivity contribution in [3.8, 4) is 11.3 Å². The Kier molecular flexibility index (Phi) is 5.81. The molecule has 0 saturated heterocycles. The number of esters is 1. The third kappa shape index (κ3) is 4.70. The second-order valence-corrected chi connectivity index (χ2v) is 6.71. The molecule has 0 spiro atoms. The summed E-state index contributed by atoms with van der Waals surface area (Å²) < 4.78 is 5.24. The van der Waals surface area contributed by atoms with Crippen LogP contribution in [0.15, 0.2) is 60.7 Å². The van der Waals surface area contributed by atoms with Crippen LogP contribution in [0.1, 0.15) is 24.2 Å². The number of aromatic nitrogens is 1. The third-order valence-electron chi connectivity index (χ3n) is 4.05. The van der Waals surface area contributed by atoms with Crippen molar-refractivity contribution in [3.05, 3.63) is 66.2 Å². The number of nitrogens with zero attached hydrogens (tertiary/aromatic N) is 1. The van der Waals surface area contributed by atoms with E-state index in [1.807, 2.05) is 68.4 Å². The Bertz CT molecular complexity index is 952. The summed E-state index contributed by atoms with van der Waals surface area (Å²) in [7, 11) is 0. The Morgan fingerprint density at radius 3 is 2.48 bits per heavy atom. The normalized spacial score (nSPS) is 10.8. The van der Waals surface area contributed by atoms with Crippen LogP contribution in [0.25, 0.3) is 22.2 Å². The second kappa shape index (κ2) is 8.45. The first-order chi connectivity index (χ1) is 13.0. The first-order valence-electron chi connectivity index (χ1n) is 8.93. The monoisotopic (exact) mass is 362 g/mol. The van der Waals surface area contributed by atoms with Crippen molar-refractivity contribution in [3.63, 3.8) is 0 Å². The highest BCUT2D eigenvalue weighted by Crippen LogP contribution is 2.25. The second-order valence-electron chi connectivity index (χ2n) is 6.71. The van der Waals surface area contributed by atoms with Crippen LogP contribution in [-0.2, 0) is 9.53 Å². The lowest BCUT2D eigenvalue weighted by Gasteiger charge is -2.11. The number of benzene rings is 2. The van der Waals surface area contributed by atoms with Gasteiger partial charge in [-0.2, -0.15) is 0 Å². The number of pyridine rings is 1. The number of fused-ring (bicyclic) bond motifs is 1. The Labute approximate surface area is 158 Å². The van der Waals surface area contributed by atoms with Gasteiger partial charge in [-0.05, 0) is 18.1 Å². The summed E-state index contributed by atoms with van der Waals surface area (Å²) in [6, 6.07) is 18.8. The maximum atomic E-state index is 12.7. The number of hydrogen-bond donors (Lipinski definition) is 1. The van der Waals surface area contributed by atoms with Crippen LogP contribution in [0.3, 0.4) is 0 Å². The molecule has 0 fully saturated rings. The highest BCUT2D eigenvalue weighted by molar-refractivity contribution is 6.05. The Balaban J connectivity index is 1.86. The van der Waals surface area contributed by atoms with Crippen LogP contribution in [0, 0.1) is 5.92 Å². The molecule has 0 atom stereocenters. The van der Waals surface area contributed by atoms with Crippen molar-refractivity contribution in [1.29, 1.82) is 0 Å². The Hall–Kier alpha value is -3.21. The van der Waals surface area contributed by atoms with E-state index in [0.717, 1.165) is 5.56 Å². The van der Waals surface area contributed by atoms with Gasteiger partial charge < -0.3 is 10.1 Å². The number of ether oxygens (including phenoxy) is 1. The molecule has 0 unspecified atom stereocenters. The first kappa shape index (κ1) is 18.6. The molecule has 3 rings (SSSR count). The van der Waals surface area contributed by atoms with Gasteiger partial charge in [-0.25, -0.2) is 9.78 Å². The summed E-state index contributed by atoms with van der Waals surface area (Å²) in [4.78, 5) is 29.1. The van der Waals surface area contributed by atoms with E-state index < -0.39 is 5.97 Å². The molecule has 5 heteroatoms. The topological polar surface area (TPSA) is 68.3 Å². The molecule has 1 aromatic heterocycles. The molecule has 2 aromatic carbocycles. The molecule has 0 aliphatic heterocycles. The first-order valence-corrected chi connectivity index (χ1v) is 8.93. The van der Waals surface area contributed by atoms with Crippen molar-refractivity contribution in [2.24, 2.45) is 5.92 Å². The maximum absolute atomic E-state index is 12.7. The molecule has 0 aliphatic rings. The van der Waals surface area contributed by atoms with Crippen molar-refractivity contribution in [1.82, 2.24) is 10.3 Å². The third-order valence-corrected chi connectivity index (χ3v) is 4.05. The molecule has 3 aromatic rings. The highest BCUT2D eigenvalue weighted by Gasteiger charge is 2.16. The maximum Gasteiger partial charge on any atom is 0.339 e. The number of hydrogen-bond acceptors (Lipinski definition) is 4. The minimum absolute atomic E-state index is 0.303. The van der Waals surface area contributed by atoms with Crippen molar-refractivity contribution >= 4 is 22.8 Å². The van der Waals surface area contributed by atoms with Crippen LogP contribution in [0.4, 0.5) is 0 Å². The number of amides is 1. The van der Waals surface area contributed by atoms with Gasteiger partial charge >= 0.3 is 5.97 Å². The van der Waals surface area contributed by atoms with E-state index in [1.54, 1.807) is 6.07 Å². The van der Waals surface area contributed by atoms with Gasteiger partial charge in [-0.15, -0.1) is 0 Å². The molecule has 27 heavy (non-hydrogen) atoms. The average Bonchev–Trinajstić information content (AvgIpc) is 2.70. The number of carbonyl (C=O) groups is 2. The van der Waals surface area contributed by atoms with E-state index in [9.17, 15) is 9.59 Å². The fourth-order valence-electron chi connectivity index (χ4n) is 2.68. The fraction of sp³-hybridized carbons (Fsp3) is 0.227. The van der Waals surface area contributed by atoms with E-state index in [4.69, 9.17) is 4.74 Å². The molecule has 1 heterocycles. The van der Waals surface area contributed by atoms with Crippen LogP contribution in [-0.4, -0.2) is 30.0 Å². The lowest BCUT2D eigenvalue weighted by molar-refractivity contribution is -0.124. The van der Waals surface area contributed by atoms with Crippen LogP contribution >= 0.6 is 0 Å². The molecule has 1 N–H and O–H groups in total. The molecular formula is C22H22N2O3. The van der Waals surface area contributed by atoms with Gasteiger partial charge in [0.05, 0.1) is 16.8 Å². The Morgan fingerprint density at radius 2 is 1.74 bits per heavy atom. The summed E-state index contributed by atoms with van der Waals surface area (Å²) in [5.41, 5.74) is 2.70. The lowest BCUT2D eigenvalue weighted by atomic mass is 10.0. The van der Waals surface area contributed by atoms with E-state index in [0.29, 0.717) is 34.6 Å². The fourth-order valence-corrected chi connectivity index (χ4v) is 2.68. The van der Waals surface area contributed by atoms with Gasteiger partial charge in [0.15, 0.2) is 6.61 Å². The van der Waals surface area contributed by atoms with Crippen molar-refractivity contribution in [2.75, 3.05) is 13.2 Å². The molecule has 0 aliphatic carbocycles. The number of nitrogens with one attached hydrogen (secondary N) is 1. The van der Waals surface area contributed by atoms with Gasteiger partial charge in [-0.1, -0.05) is 62.4 Å². The molecule has 1 amide bonds. The molecular weight excluding hydrogens is 340 g/mol. The van der Waals surface area contributed by atoms with E-state index in [-0.39, 0.29) is 12.5 Å². The minimum atomic E-state index is -0.537. The summed E-state index contributed by atoms with van der Waals surface area (Å²) in [6.45, 7) is 4.25. The number of rotatable bonds is 6. The molecule has 0 bridgehead atoms. The molecule has 138 valence electrons. The Morgan fingerprint density at radius 1 is 1.04 bits per heavy atom. The zero-order valence-corrected chi connectivity index (χ0v) is 15.4. The summed E-state index contributed by atoms with van der Waals surface area (Å²) >= 11 is 0. The van der Waals surface area contributed by atoms with Gasteiger partial charge in [0.25, 0.3) is 5.91 Å². The summed E-state index contributed by atoms with van der Waals surface area (Å²) in [6.07, 6.45) is 0.